The molecule has 2 aromatic heterocycles. The van der Waals surface area contributed by atoms with Crippen LogP contribution in [0.15, 0.2) is 29.4 Å². The van der Waals surface area contributed by atoms with Crippen LogP contribution in [0.3, 0.4) is 0 Å². The van der Waals surface area contributed by atoms with Crippen LogP contribution in [0.4, 0.5) is 0 Å². The number of amides is 1. The van der Waals surface area contributed by atoms with E-state index >= 15 is 0 Å². The maximum Gasteiger partial charge on any atom is 0.233 e. The molecule has 29 heavy (non-hydrogen) atoms. The van der Waals surface area contributed by atoms with Gasteiger partial charge in [0.15, 0.2) is 0 Å². The number of rotatable bonds is 5. The van der Waals surface area contributed by atoms with Gasteiger partial charge < -0.3 is 4.90 Å². The fourth-order valence-corrected chi connectivity index (χ4v) is 6.29. The van der Waals surface area contributed by atoms with Gasteiger partial charge in [0.2, 0.25) is 11.1 Å². The average Bonchev–Trinajstić information content (AvgIpc) is 3.51. The summed E-state index contributed by atoms with van der Waals surface area (Å²) in [5.74, 6) is 0.889. The first kappa shape index (κ1) is 19.0. The average molecular weight is 429 g/mol. The number of likely N-dealkylation sites (tertiary alicyclic amines) is 1. The molecular weight excluding hydrogens is 404 g/mol. The minimum absolute atomic E-state index is 0.168. The number of aromatic nitrogens is 5. The summed E-state index contributed by atoms with van der Waals surface area (Å²) in [4.78, 5) is 19.7. The van der Waals surface area contributed by atoms with Crippen molar-refractivity contribution in [3.63, 3.8) is 0 Å². The number of piperidine rings is 1. The second-order valence-corrected chi connectivity index (χ2v) is 9.84. The third-order valence-electron chi connectivity index (χ3n) is 5.89. The van der Waals surface area contributed by atoms with E-state index in [0.29, 0.717) is 17.7 Å². The lowest BCUT2D eigenvalue weighted by Gasteiger charge is -2.31. The fraction of sp³-hybridized carbons (Fsp3) is 0.550. The number of nitrogens with zero attached hydrogens (tertiary/aromatic N) is 6. The Balaban J connectivity index is 1.22. The number of hydrogen-bond donors (Lipinski definition) is 0. The summed E-state index contributed by atoms with van der Waals surface area (Å²) >= 11 is 3.23. The highest BCUT2D eigenvalue weighted by Crippen LogP contribution is 2.34. The number of tetrazole rings is 1. The van der Waals surface area contributed by atoms with Gasteiger partial charge in [0.1, 0.15) is 0 Å². The first-order valence-electron chi connectivity index (χ1n) is 10.3. The van der Waals surface area contributed by atoms with Gasteiger partial charge >= 0.3 is 0 Å². The van der Waals surface area contributed by atoms with Gasteiger partial charge in [0.05, 0.1) is 27.0 Å². The van der Waals surface area contributed by atoms with E-state index in [4.69, 9.17) is 4.98 Å². The summed E-state index contributed by atoms with van der Waals surface area (Å²) in [6, 6.07) is 8.65. The van der Waals surface area contributed by atoms with Crippen LogP contribution < -0.4 is 0 Å². The normalized spacial score (nSPS) is 20.6. The predicted octanol–water partition coefficient (Wildman–Crippen LogP) is 3.90. The number of para-hydroxylation sites is 1. The number of carbonyl (C=O) groups is 1. The molecule has 152 valence electrons. The summed E-state index contributed by atoms with van der Waals surface area (Å²) in [5.41, 5.74) is 1.06. The Labute approximate surface area is 177 Å². The van der Waals surface area contributed by atoms with Crippen LogP contribution in [0, 0.1) is 0 Å². The molecule has 0 bridgehead atoms. The molecule has 0 N–H and O–H groups in total. The van der Waals surface area contributed by atoms with Gasteiger partial charge in [-0.3, -0.25) is 4.79 Å². The Morgan fingerprint density at radius 3 is 2.90 bits per heavy atom. The Hall–Kier alpha value is -2.00. The highest BCUT2D eigenvalue weighted by molar-refractivity contribution is 7.99. The van der Waals surface area contributed by atoms with Crippen molar-refractivity contribution < 1.29 is 4.79 Å². The fourth-order valence-electron chi connectivity index (χ4n) is 4.35. The van der Waals surface area contributed by atoms with Gasteiger partial charge in [-0.25, -0.2) is 9.67 Å². The number of carbonyl (C=O) groups excluding carboxylic acids is 1. The van der Waals surface area contributed by atoms with Crippen LogP contribution in [-0.2, 0) is 4.79 Å². The van der Waals surface area contributed by atoms with Crippen LogP contribution in [0.1, 0.15) is 55.5 Å². The van der Waals surface area contributed by atoms with Crippen molar-refractivity contribution in [2.75, 3.05) is 18.8 Å². The quantitative estimate of drug-likeness (QED) is 0.574. The predicted molar refractivity (Wildman–Crippen MR) is 114 cm³/mol. The summed E-state index contributed by atoms with van der Waals surface area (Å²) in [6.07, 6.45) is 6.83. The third-order valence-corrected chi connectivity index (χ3v) is 8.01. The minimum Gasteiger partial charge on any atom is -0.341 e. The molecule has 7 nitrogen and oxygen atoms in total. The van der Waals surface area contributed by atoms with Crippen LogP contribution in [0.5, 0.6) is 0 Å². The first-order valence-corrected chi connectivity index (χ1v) is 12.1. The van der Waals surface area contributed by atoms with Gasteiger partial charge in [-0.15, -0.1) is 16.4 Å². The molecule has 1 aliphatic carbocycles. The Bertz CT molecular complexity index is 963. The number of fused-ring (bicyclic) bond motifs is 1. The number of thioether (sulfide) groups is 1. The maximum absolute atomic E-state index is 12.9. The Morgan fingerprint density at radius 1 is 1.17 bits per heavy atom. The van der Waals surface area contributed by atoms with E-state index in [9.17, 15) is 4.79 Å². The highest BCUT2D eigenvalue weighted by Gasteiger charge is 2.28. The molecule has 3 heterocycles. The number of thiazole rings is 1. The molecule has 1 amide bonds. The van der Waals surface area contributed by atoms with Crippen molar-refractivity contribution in [1.29, 1.82) is 0 Å². The summed E-state index contributed by atoms with van der Waals surface area (Å²) < 4.78 is 3.14. The van der Waals surface area contributed by atoms with E-state index in [-0.39, 0.29) is 5.91 Å². The summed E-state index contributed by atoms with van der Waals surface area (Å²) in [6.45, 7) is 1.58. The second kappa shape index (κ2) is 8.39. The maximum atomic E-state index is 12.9. The number of benzene rings is 1. The molecule has 1 aromatic carbocycles. The molecule has 1 saturated carbocycles. The first-order chi connectivity index (χ1) is 14.3. The van der Waals surface area contributed by atoms with E-state index < -0.39 is 0 Å². The molecule has 1 aliphatic heterocycles. The van der Waals surface area contributed by atoms with E-state index in [1.54, 1.807) is 11.3 Å². The molecule has 2 aliphatic rings. The van der Waals surface area contributed by atoms with E-state index in [0.717, 1.165) is 54.5 Å². The van der Waals surface area contributed by atoms with Crippen molar-refractivity contribution >= 4 is 39.2 Å². The van der Waals surface area contributed by atoms with Gasteiger partial charge in [-0.1, -0.05) is 36.7 Å². The molecular formula is C20H24N6OS2. The Morgan fingerprint density at radius 2 is 2.03 bits per heavy atom. The minimum atomic E-state index is 0.168. The monoisotopic (exact) mass is 428 g/mol. The topological polar surface area (TPSA) is 76.8 Å². The molecule has 0 spiro atoms. The SMILES string of the molecule is O=C(CSc1nnnn1C1CCCC1)N1CCC[C@@H](c2nc3ccccc3s2)C1. The van der Waals surface area contributed by atoms with E-state index in [1.807, 2.05) is 15.6 Å². The van der Waals surface area contributed by atoms with Crippen molar-refractivity contribution in [2.45, 2.75) is 55.6 Å². The zero-order chi connectivity index (χ0) is 19.6. The molecule has 0 unspecified atom stereocenters. The molecule has 5 rings (SSSR count). The lowest BCUT2D eigenvalue weighted by atomic mass is 9.99. The number of hydrogen-bond acceptors (Lipinski definition) is 7. The van der Waals surface area contributed by atoms with E-state index in [2.05, 4.69) is 33.7 Å². The summed E-state index contributed by atoms with van der Waals surface area (Å²) in [7, 11) is 0. The lowest BCUT2D eigenvalue weighted by molar-refractivity contribution is -0.129. The van der Waals surface area contributed by atoms with Gasteiger partial charge in [-0.2, -0.15) is 0 Å². The zero-order valence-corrected chi connectivity index (χ0v) is 17.9. The molecule has 9 heteroatoms. The van der Waals surface area contributed by atoms with Crippen molar-refractivity contribution in [3.8, 4) is 0 Å². The van der Waals surface area contributed by atoms with Crippen molar-refractivity contribution in [2.24, 2.45) is 0 Å². The van der Waals surface area contributed by atoms with Crippen molar-refractivity contribution in [3.05, 3.63) is 29.3 Å². The van der Waals surface area contributed by atoms with E-state index in [1.165, 1.54) is 29.3 Å². The zero-order valence-electron chi connectivity index (χ0n) is 16.2. The molecule has 0 radical (unpaired) electrons. The molecule has 1 atom stereocenters. The second-order valence-electron chi connectivity index (χ2n) is 7.83. The van der Waals surface area contributed by atoms with Crippen LogP contribution in [0.2, 0.25) is 0 Å². The van der Waals surface area contributed by atoms with Gasteiger partial charge in [0, 0.05) is 19.0 Å². The van der Waals surface area contributed by atoms with Crippen LogP contribution in [0.25, 0.3) is 10.2 Å². The van der Waals surface area contributed by atoms with Gasteiger partial charge in [-0.05, 0) is 48.2 Å². The summed E-state index contributed by atoms with van der Waals surface area (Å²) in [5, 5.41) is 14.1. The standard InChI is InChI=1S/C20H24N6OS2/c27-18(13-28-20-22-23-24-26(20)15-7-1-2-8-15)25-11-5-6-14(12-25)19-21-16-9-3-4-10-17(16)29-19/h3-4,9-10,14-15H,1-2,5-8,11-13H2/t14-/m1/s1. The molecule has 3 aromatic rings. The van der Waals surface area contributed by atoms with Crippen LogP contribution in [-0.4, -0.2) is 54.8 Å². The highest BCUT2D eigenvalue weighted by atomic mass is 32.2. The largest absolute Gasteiger partial charge is 0.341 e. The van der Waals surface area contributed by atoms with Crippen molar-refractivity contribution in [1.82, 2.24) is 30.1 Å². The van der Waals surface area contributed by atoms with Crippen LogP contribution >= 0.6 is 23.1 Å². The molecule has 1 saturated heterocycles. The van der Waals surface area contributed by atoms with Gasteiger partial charge in [0.25, 0.3) is 0 Å². The molecule has 2 fully saturated rings. The third kappa shape index (κ3) is 4.02. The lowest BCUT2D eigenvalue weighted by Crippen LogP contribution is -2.40. The smallest absolute Gasteiger partial charge is 0.233 e. The Kier molecular flexibility index (Phi) is 5.50.